The number of thiazole rings is 1. The van der Waals surface area contributed by atoms with Gasteiger partial charge < -0.3 is 10.1 Å². The van der Waals surface area contributed by atoms with Crippen molar-refractivity contribution in [3.8, 4) is 5.75 Å². The van der Waals surface area contributed by atoms with Crippen molar-refractivity contribution in [1.29, 1.82) is 0 Å². The van der Waals surface area contributed by atoms with Crippen molar-refractivity contribution in [3.05, 3.63) is 44.9 Å². The molecular formula is C16H20ClN3OS. The number of methoxy groups -OCH3 is 1. The number of piperazine rings is 1. The van der Waals surface area contributed by atoms with Gasteiger partial charge in [-0.15, -0.1) is 11.3 Å². The van der Waals surface area contributed by atoms with Crippen molar-refractivity contribution in [2.24, 2.45) is 0 Å². The molecule has 4 nitrogen and oxygen atoms in total. The van der Waals surface area contributed by atoms with Crippen LogP contribution in [-0.4, -0.2) is 43.2 Å². The van der Waals surface area contributed by atoms with E-state index in [9.17, 15) is 0 Å². The van der Waals surface area contributed by atoms with Crippen LogP contribution in [0.4, 0.5) is 0 Å². The molecule has 3 rings (SSSR count). The molecular weight excluding hydrogens is 318 g/mol. The van der Waals surface area contributed by atoms with Gasteiger partial charge >= 0.3 is 0 Å². The van der Waals surface area contributed by atoms with Gasteiger partial charge in [0.15, 0.2) is 0 Å². The van der Waals surface area contributed by atoms with Gasteiger partial charge in [-0.05, 0) is 25.1 Å². The van der Waals surface area contributed by atoms with Crippen molar-refractivity contribution in [3.63, 3.8) is 0 Å². The van der Waals surface area contributed by atoms with Crippen molar-refractivity contribution in [2.45, 2.75) is 13.0 Å². The first-order chi connectivity index (χ1) is 10.7. The first-order valence-corrected chi connectivity index (χ1v) is 8.65. The van der Waals surface area contributed by atoms with Crippen LogP contribution in [0.3, 0.4) is 0 Å². The third-order valence-corrected chi connectivity index (χ3v) is 5.12. The van der Waals surface area contributed by atoms with E-state index in [2.05, 4.69) is 15.6 Å². The average Bonchev–Trinajstić information content (AvgIpc) is 2.95. The highest BCUT2D eigenvalue weighted by Gasteiger charge is 2.29. The van der Waals surface area contributed by atoms with Crippen LogP contribution in [-0.2, 0) is 0 Å². The standard InChI is InChI=1S/C16H20ClN3OS/c1-11-10-22-16(19-11)15(20-7-5-18-6-8-20)13-9-12(17)3-4-14(13)21-2/h3-4,9-10,15,18H,5-8H2,1-2H3. The Hall–Kier alpha value is -1.14. The van der Waals surface area contributed by atoms with Gasteiger partial charge in [0.05, 0.1) is 13.2 Å². The summed E-state index contributed by atoms with van der Waals surface area (Å²) in [7, 11) is 1.70. The number of hydrogen-bond donors (Lipinski definition) is 1. The zero-order valence-electron chi connectivity index (χ0n) is 12.8. The lowest BCUT2D eigenvalue weighted by molar-refractivity contribution is 0.195. The molecule has 0 saturated carbocycles. The minimum absolute atomic E-state index is 0.0921. The van der Waals surface area contributed by atoms with Crippen molar-refractivity contribution >= 4 is 22.9 Å². The second-order valence-corrected chi connectivity index (χ2v) is 6.73. The minimum atomic E-state index is 0.0921. The zero-order chi connectivity index (χ0) is 15.5. The molecule has 2 heterocycles. The molecule has 6 heteroatoms. The number of nitrogens with one attached hydrogen (secondary N) is 1. The number of aromatic nitrogens is 1. The molecule has 1 fully saturated rings. The molecule has 1 aromatic carbocycles. The quantitative estimate of drug-likeness (QED) is 0.930. The van der Waals surface area contributed by atoms with E-state index >= 15 is 0 Å². The summed E-state index contributed by atoms with van der Waals surface area (Å²) < 4.78 is 5.58. The fourth-order valence-corrected chi connectivity index (χ4v) is 3.97. The number of nitrogens with zero attached hydrogens (tertiary/aromatic N) is 2. The average molecular weight is 338 g/mol. The first kappa shape index (κ1) is 15.7. The molecule has 1 aromatic heterocycles. The summed E-state index contributed by atoms with van der Waals surface area (Å²) in [5.41, 5.74) is 2.15. The van der Waals surface area contributed by atoms with Crippen molar-refractivity contribution in [1.82, 2.24) is 15.2 Å². The highest BCUT2D eigenvalue weighted by Crippen LogP contribution is 2.37. The van der Waals surface area contributed by atoms with Crippen molar-refractivity contribution in [2.75, 3.05) is 33.3 Å². The lowest BCUT2D eigenvalue weighted by Gasteiger charge is -2.34. The van der Waals surface area contributed by atoms with Gasteiger partial charge in [0.25, 0.3) is 0 Å². The lowest BCUT2D eigenvalue weighted by Crippen LogP contribution is -2.45. The number of hydrogen-bond acceptors (Lipinski definition) is 5. The molecule has 0 amide bonds. The SMILES string of the molecule is COc1ccc(Cl)cc1C(c1nc(C)cs1)N1CCNCC1. The monoisotopic (exact) mass is 337 g/mol. The molecule has 1 aliphatic rings. The summed E-state index contributed by atoms with van der Waals surface area (Å²) in [4.78, 5) is 7.17. The smallest absolute Gasteiger partial charge is 0.124 e. The molecule has 0 radical (unpaired) electrons. The molecule has 1 N–H and O–H groups in total. The van der Waals surface area contributed by atoms with Crippen LogP contribution in [0.1, 0.15) is 22.3 Å². The Morgan fingerprint density at radius 1 is 1.36 bits per heavy atom. The Kier molecular flexibility index (Phi) is 4.98. The Morgan fingerprint density at radius 3 is 2.77 bits per heavy atom. The highest BCUT2D eigenvalue weighted by atomic mass is 35.5. The predicted octanol–water partition coefficient (Wildman–Crippen LogP) is 3.11. The van der Waals surface area contributed by atoms with Crippen LogP contribution in [0.2, 0.25) is 5.02 Å². The molecule has 1 atom stereocenters. The largest absolute Gasteiger partial charge is 0.496 e. The fourth-order valence-electron chi connectivity index (χ4n) is 2.84. The van der Waals surface area contributed by atoms with Gasteiger partial charge in [0.2, 0.25) is 0 Å². The van der Waals surface area contributed by atoms with E-state index in [1.165, 1.54) is 0 Å². The number of aryl methyl sites for hydroxylation is 1. The summed E-state index contributed by atoms with van der Waals surface area (Å²) in [5, 5.41) is 7.32. The Labute approximate surface area is 140 Å². The maximum absolute atomic E-state index is 6.25. The molecule has 1 saturated heterocycles. The van der Waals surface area contributed by atoms with Crippen LogP contribution in [0, 0.1) is 6.92 Å². The Balaban J connectivity index is 2.06. The van der Waals surface area contributed by atoms with E-state index in [1.54, 1.807) is 18.4 Å². The molecule has 1 unspecified atom stereocenters. The van der Waals surface area contributed by atoms with Crippen LogP contribution in [0.15, 0.2) is 23.6 Å². The normalized spacial score (nSPS) is 17.4. The van der Waals surface area contributed by atoms with Crippen molar-refractivity contribution < 1.29 is 4.74 Å². The Bertz CT molecular complexity index is 640. The molecule has 118 valence electrons. The summed E-state index contributed by atoms with van der Waals surface area (Å²) in [5.74, 6) is 0.862. The number of benzene rings is 1. The van der Waals surface area contributed by atoms with E-state index in [-0.39, 0.29) is 6.04 Å². The summed E-state index contributed by atoms with van der Waals surface area (Å²) >= 11 is 7.95. The second kappa shape index (κ2) is 6.96. The van der Waals surface area contributed by atoms with Gasteiger partial charge in [-0.25, -0.2) is 4.98 Å². The van der Waals surface area contributed by atoms with Crippen LogP contribution < -0.4 is 10.1 Å². The predicted molar refractivity (Wildman–Crippen MR) is 91.1 cm³/mol. The number of rotatable bonds is 4. The summed E-state index contributed by atoms with van der Waals surface area (Å²) in [6.07, 6.45) is 0. The van der Waals surface area contributed by atoms with E-state index in [1.807, 2.05) is 25.1 Å². The lowest BCUT2D eigenvalue weighted by atomic mass is 10.0. The summed E-state index contributed by atoms with van der Waals surface area (Å²) in [6.45, 7) is 5.98. The third-order valence-electron chi connectivity index (χ3n) is 3.87. The molecule has 0 spiro atoms. The Morgan fingerprint density at radius 2 is 2.14 bits per heavy atom. The first-order valence-electron chi connectivity index (χ1n) is 7.39. The molecule has 1 aliphatic heterocycles. The van der Waals surface area contributed by atoms with E-state index < -0.39 is 0 Å². The third kappa shape index (κ3) is 3.27. The van der Waals surface area contributed by atoms with Gasteiger partial charge in [0.1, 0.15) is 10.8 Å². The molecule has 0 aliphatic carbocycles. The minimum Gasteiger partial charge on any atom is -0.496 e. The van der Waals surface area contributed by atoms with Gasteiger partial charge in [-0.1, -0.05) is 11.6 Å². The van der Waals surface area contributed by atoms with Gasteiger partial charge in [0, 0.05) is 47.8 Å². The van der Waals surface area contributed by atoms with E-state index in [0.717, 1.165) is 53.2 Å². The van der Waals surface area contributed by atoms with Gasteiger partial charge in [-0.3, -0.25) is 4.90 Å². The molecule has 2 aromatic rings. The fraction of sp³-hybridized carbons (Fsp3) is 0.438. The second-order valence-electron chi connectivity index (χ2n) is 5.40. The highest BCUT2D eigenvalue weighted by molar-refractivity contribution is 7.09. The number of halogens is 1. The maximum atomic E-state index is 6.25. The van der Waals surface area contributed by atoms with Crippen LogP contribution in [0.5, 0.6) is 5.75 Å². The van der Waals surface area contributed by atoms with Crippen LogP contribution >= 0.6 is 22.9 Å². The number of ether oxygens (including phenoxy) is 1. The van der Waals surface area contributed by atoms with E-state index in [4.69, 9.17) is 21.3 Å². The summed E-state index contributed by atoms with van der Waals surface area (Å²) in [6, 6.07) is 5.90. The molecule has 22 heavy (non-hydrogen) atoms. The van der Waals surface area contributed by atoms with E-state index in [0.29, 0.717) is 0 Å². The zero-order valence-corrected chi connectivity index (χ0v) is 14.4. The van der Waals surface area contributed by atoms with Gasteiger partial charge in [-0.2, -0.15) is 0 Å². The van der Waals surface area contributed by atoms with Crippen LogP contribution in [0.25, 0.3) is 0 Å². The maximum Gasteiger partial charge on any atom is 0.124 e. The molecule has 0 bridgehead atoms. The topological polar surface area (TPSA) is 37.4 Å².